The summed E-state index contributed by atoms with van der Waals surface area (Å²) in [5, 5.41) is 2.94. The molecule has 0 aliphatic heterocycles. The summed E-state index contributed by atoms with van der Waals surface area (Å²) in [7, 11) is 4.44. The van der Waals surface area contributed by atoms with Crippen molar-refractivity contribution in [3.63, 3.8) is 0 Å². The highest BCUT2D eigenvalue weighted by atomic mass is 79.9. The maximum absolute atomic E-state index is 10.9. The number of halogens is 1. The average molecular weight is 316 g/mol. The topological polar surface area (TPSA) is 56.8 Å². The number of carbonyl (C=O) groups is 1. The molecule has 0 aromatic heterocycles. The molecule has 0 spiro atoms. The van der Waals surface area contributed by atoms with Gasteiger partial charge in [0.2, 0.25) is 0 Å². The average Bonchev–Trinajstić information content (AvgIpc) is 2.39. The fourth-order valence-corrected chi connectivity index (χ4v) is 1.67. The van der Waals surface area contributed by atoms with Gasteiger partial charge in [-0.25, -0.2) is 4.79 Å². The van der Waals surface area contributed by atoms with Crippen LogP contribution in [-0.4, -0.2) is 27.3 Å². The van der Waals surface area contributed by atoms with Crippen LogP contribution in [0.3, 0.4) is 0 Å². The van der Waals surface area contributed by atoms with Crippen LogP contribution in [0.2, 0.25) is 0 Å². The van der Waals surface area contributed by atoms with Gasteiger partial charge in [0.25, 0.3) is 0 Å². The summed E-state index contributed by atoms with van der Waals surface area (Å²) < 4.78 is 15.6. The molecule has 0 fully saturated rings. The number of hydrogen-bond acceptors (Lipinski definition) is 5. The zero-order chi connectivity index (χ0) is 13.5. The Morgan fingerprint density at radius 2 is 1.83 bits per heavy atom. The van der Waals surface area contributed by atoms with Crippen LogP contribution in [-0.2, 0) is 9.53 Å². The molecule has 0 amide bonds. The number of anilines is 1. The summed E-state index contributed by atoms with van der Waals surface area (Å²) in [5.74, 6) is 0.778. The van der Waals surface area contributed by atoms with Crippen LogP contribution < -0.4 is 14.8 Å². The van der Waals surface area contributed by atoms with Crippen molar-refractivity contribution in [1.82, 2.24) is 0 Å². The Morgan fingerprint density at radius 3 is 2.39 bits per heavy atom. The Kier molecular flexibility index (Phi) is 5.51. The molecule has 5 nitrogen and oxygen atoms in total. The lowest BCUT2D eigenvalue weighted by Crippen LogP contribution is -1.98. The quantitative estimate of drug-likeness (QED) is 0.668. The molecule has 0 aliphatic carbocycles. The second-order valence-corrected chi connectivity index (χ2v) is 4.04. The van der Waals surface area contributed by atoms with Gasteiger partial charge in [-0.2, -0.15) is 0 Å². The van der Waals surface area contributed by atoms with Crippen LogP contribution in [0.5, 0.6) is 11.5 Å². The van der Waals surface area contributed by atoms with Gasteiger partial charge in [0.05, 0.1) is 27.0 Å². The second kappa shape index (κ2) is 6.90. The van der Waals surface area contributed by atoms with Crippen molar-refractivity contribution in [3.8, 4) is 11.5 Å². The summed E-state index contributed by atoms with van der Waals surface area (Å²) in [6, 6.07) is 3.53. The molecule has 0 heterocycles. The van der Waals surface area contributed by atoms with Crippen molar-refractivity contribution in [3.05, 3.63) is 28.9 Å². The second-order valence-electron chi connectivity index (χ2n) is 3.19. The highest BCUT2D eigenvalue weighted by Crippen LogP contribution is 2.36. The van der Waals surface area contributed by atoms with E-state index in [0.29, 0.717) is 11.5 Å². The van der Waals surface area contributed by atoms with Gasteiger partial charge in [-0.1, -0.05) is 0 Å². The number of benzene rings is 1. The minimum absolute atomic E-state index is 0.431. The number of ether oxygens (including phenoxy) is 3. The summed E-state index contributed by atoms with van der Waals surface area (Å²) in [6.45, 7) is 0. The summed E-state index contributed by atoms with van der Waals surface area (Å²) in [4.78, 5) is 10.9. The molecule has 98 valence electrons. The van der Waals surface area contributed by atoms with Gasteiger partial charge in [0, 0.05) is 28.9 Å². The van der Waals surface area contributed by atoms with E-state index in [4.69, 9.17) is 9.47 Å². The number of methoxy groups -OCH3 is 3. The summed E-state index contributed by atoms with van der Waals surface area (Å²) >= 11 is 3.39. The first-order valence-corrected chi connectivity index (χ1v) is 5.84. The van der Waals surface area contributed by atoms with E-state index in [1.807, 2.05) is 0 Å². The van der Waals surface area contributed by atoms with E-state index in [-0.39, 0.29) is 0 Å². The molecule has 0 unspecified atom stereocenters. The van der Waals surface area contributed by atoms with Gasteiger partial charge >= 0.3 is 5.97 Å². The third-order valence-electron chi connectivity index (χ3n) is 2.13. The van der Waals surface area contributed by atoms with Gasteiger partial charge in [-0.15, -0.1) is 0 Å². The molecule has 6 heteroatoms. The first-order valence-electron chi connectivity index (χ1n) is 5.05. The maximum atomic E-state index is 10.9. The highest BCUT2D eigenvalue weighted by Gasteiger charge is 2.08. The largest absolute Gasteiger partial charge is 0.493 e. The fourth-order valence-electron chi connectivity index (χ4n) is 1.23. The van der Waals surface area contributed by atoms with Gasteiger partial charge in [0.15, 0.2) is 11.5 Å². The first-order chi connectivity index (χ1) is 8.62. The predicted octanol–water partition coefficient (Wildman–Crippen LogP) is 2.56. The molecule has 0 saturated carbocycles. The molecule has 1 aromatic carbocycles. The number of hydrogen-bond donors (Lipinski definition) is 1. The molecule has 0 radical (unpaired) electrons. The fraction of sp³-hybridized carbons (Fsp3) is 0.250. The maximum Gasteiger partial charge on any atom is 0.331 e. The molecule has 18 heavy (non-hydrogen) atoms. The van der Waals surface area contributed by atoms with Crippen LogP contribution in [0.1, 0.15) is 0 Å². The van der Waals surface area contributed by atoms with Gasteiger partial charge < -0.3 is 19.5 Å². The van der Waals surface area contributed by atoms with E-state index in [2.05, 4.69) is 26.0 Å². The first kappa shape index (κ1) is 14.4. The number of carbonyl (C=O) groups excluding carboxylic acids is 1. The Labute approximate surface area is 114 Å². The van der Waals surface area contributed by atoms with E-state index in [0.717, 1.165) is 10.2 Å². The Morgan fingerprint density at radius 1 is 1.22 bits per heavy atom. The molecule has 1 aromatic rings. The van der Waals surface area contributed by atoms with Crippen LogP contribution in [0.4, 0.5) is 5.69 Å². The van der Waals surface area contributed by atoms with Crippen molar-refractivity contribution in [2.24, 2.45) is 0 Å². The SMILES string of the molecule is COC(=O)/C=C/Nc1cc(OC)c(OC)cc1Br. The third-order valence-corrected chi connectivity index (χ3v) is 2.79. The molecule has 0 bridgehead atoms. The number of rotatable bonds is 5. The lowest BCUT2D eigenvalue weighted by molar-refractivity contribution is -0.134. The van der Waals surface area contributed by atoms with Crippen LogP contribution in [0.25, 0.3) is 0 Å². The molecule has 0 aliphatic rings. The van der Waals surface area contributed by atoms with Gasteiger partial charge in [0.1, 0.15) is 0 Å². The molecule has 0 saturated heterocycles. The van der Waals surface area contributed by atoms with E-state index >= 15 is 0 Å². The lowest BCUT2D eigenvalue weighted by atomic mass is 10.2. The van der Waals surface area contributed by atoms with Crippen molar-refractivity contribution >= 4 is 27.6 Å². The van der Waals surface area contributed by atoms with Crippen molar-refractivity contribution in [2.45, 2.75) is 0 Å². The number of nitrogens with one attached hydrogen (secondary N) is 1. The zero-order valence-electron chi connectivity index (χ0n) is 10.3. The van der Waals surface area contributed by atoms with Crippen molar-refractivity contribution in [1.29, 1.82) is 0 Å². The minimum atomic E-state index is -0.431. The zero-order valence-corrected chi connectivity index (χ0v) is 11.9. The van der Waals surface area contributed by atoms with E-state index in [1.54, 1.807) is 26.4 Å². The molecule has 1 N–H and O–H groups in total. The minimum Gasteiger partial charge on any atom is -0.493 e. The normalized spacial score (nSPS) is 10.2. The smallest absolute Gasteiger partial charge is 0.331 e. The van der Waals surface area contributed by atoms with Crippen LogP contribution in [0, 0.1) is 0 Å². The van der Waals surface area contributed by atoms with Crippen molar-refractivity contribution < 1.29 is 19.0 Å². The van der Waals surface area contributed by atoms with Crippen molar-refractivity contribution in [2.75, 3.05) is 26.6 Å². The van der Waals surface area contributed by atoms with E-state index in [1.165, 1.54) is 19.4 Å². The third kappa shape index (κ3) is 3.66. The molecular formula is C12H14BrNO4. The van der Waals surface area contributed by atoms with Crippen LogP contribution >= 0.6 is 15.9 Å². The summed E-state index contributed by atoms with van der Waals surface area (Å²) in [6.07, 6.45) is 2.76. The van der Waals surface area contributed by atoms with Gasteiger partial charge in [-0.3, -0.25) is 0 Å². The molecular weight excluding hydrogens is 302 g/mol. The highest BCUT2D eigenvalue weighted by molar-refractivity contribution is 9.10. The van der Waals surface area contributed by atoms with E-state index < -0.39 is 5.97 Å². The molecule has 0 atom stereocenters. The Bertz CT molecular complexity index is 460. The predicted molar refractivity (Wildman–Crippen MR) is 72.0 cm³/mol. The van der Waals surface area contributed by atoms with Crippen LogP contribution in [0.15, 0.2) is 28.9 Å². The Balaban J connectivity index is 2.89. The molecule has 1 rings (SSSR count). The van der Waals surface area contributed by atoms with E-state index in [9.17, 15) is 4.79 Å². The lowest BCUT2D eigenvalue weighted by Gasteiger charge is -2.11. The monoisotopic (exact) mass is 315 g/mol. The standard InChI is InChI=1S/C12H14BrNO4/c1-16-10-6-8(13)9(7-11(10)17-2)14-5-4-12(15)18-3/h4-7,14H,1-3H3/b5-4+. The summed E-state index contributed by atoms with van der Waals surface area (Å²) in [5.41, 5.74) is 0.743. The number of esters is 1. The Hall–Kier alpha value is -1.69. The van der Waals surface area contributed by atoms with Gasteiger partial charge in [-0.05, 0) is 15.9 Å².